The van der Waals surface area contributed by atoms with E-state index in [0.717, 1.165) is 25.7 Å². The van der Waals surface area contributed by atoms with Crippen molar-refractivity contribution >= 4 is 0 Å². The zero-order valence-electron chi connectivity index (χ0n) is 7.50. The maximum absolute atomic E-state index is 5.55. The lowest BCUT2D eigenvalue weighted by atomic mass is 10.2. The highest BCUT2D eigenvalue weighted by molar-refractivity contribution is 5.07. The molecule has 1 atom stereocenters. The quantitative estimate of drug-likeness (QED) is 0.621. The minimum absolute atomic E-state index is 0.749. The van der Waals surface area contributed by atoms with Crippen molar-refractivity contribution in [3.05, 3.63) is 12.3 Å². The van der Waals surface area contributed by atoms with Crippen molar-refractivity contribution in [2.45, 2.75) is 12.5 Å². The van der Waals surface area contributed by atoms with E-state index in [-0.39, 0.29) is 0 Å². The van der Waals surface area contributed by atoms with Gasteiger partial charge in [0.15, 0.2) is 0 Å². The Morgan fingerprint density at radius 1 is 1.58 bits per heavy atom. The molecule has 3 nitrogen and oxygen atoms in total. The summed E-state index contributed by atoms with van der Waals surface area (Å²) in [5.74, 6) is 0. The first-order chi connectivity index (χ1) is 5.81. The van der Waals surface area contributed by atoms with Crippen LogP contribution in [0.5, 0.6) is 0 Å². The van der Waals surface area contributed by atoms with Crippen molar-refractivity contribution < 1.29 is 0 Å². The van der Waals surface area contributed by atoms with Crippen molar-refractivity contribution in [1.29, 1.82) is 0 Å². The van der Waals surface area contributed by atoms with Gasteiger partial charge in [-0.05, 0) is 6.42 Å². The molecule has 0 spiro atoms. The van der Waals surface area contributed by atoms with Crippen LogP contribution in [0.1, 0.15) is 6.42 Å². The molecular formula is C9H17N3. The first kappa shape index (κ1) is 8.08. The van der Waals surface area contributed by atoms with Gasteiger partial charge in [-0.1, -0.05) is 6.58 Å². The van der Waals surface area contributed by atoms with E-state index in [2.05, 4.69) is 16.4 Å². The van der Waals surface area contributed by atoms with Gasteiger partial charge in [0, 0.05) is 44.5 Å². The van der Waals surface area contributed by atoms with Crippen molar-refractivity contribution in [3.63, 3.8) is 0 Å². The summed E-state index contributed by atoms with van der Waals surface area (Å²) >= 11 is 0. The van der Waals surface area contributed by atoms with E-state index in [0.29, 0.717) is 0 Å². The Morgan fingerprint density at radius 2 is 2.42 bits per heavy atom. The second kappa shape index (κ2) is 3.07. The highest BCUT2D eigenvalue weighted by Crippen LogP contribution is 2.25. The number of rotatable bonds is 2. The van der Waals surface area contributed by atoms with Gasteiger partial charge in [0.2, 0.25) is 0 Å². The van der Waals surface area contributed by atoms with Crippen molar-refractivity contribution in [1.82, 2.24) is 9.80 Å². The van der Waals surface area contributed by atoms with Crippen molar-refractivity contribution in [2.24, 2.45) is 5.73 Å². The molecule has 68 valence electrons. The van der Waals surface area contributed by atoms with Crippen molar-refractivity contribution in [3.8, 4) is 0 Å². The molecule has 2 N–H and O–H groups in total. The van der Waals surface area contributed by atoms with Gasteiger partial charge in [0.1, 0.15) is 0 Å². The summed E-state index contributed by atoms with van der Waals surface area (Å²) in [5.41, 5.74) is 6.83. The van der Waals surface area contributed by atoms with Crippen LogP contribution in [0.2, 0.25) is 0 Å². The van der Waals surface area contributed by atoms with Crippen LogP contribution >= 0.6 is 0 Å². The van der Waals surface area contributed by atoms with E-state index in [1.165, 1.54) is 25.2 Å². The lowest BCUT2D eigenvalue weighted by molar-refractivity contribution is 0.174. The molecule has 1 unspecified atom stereocenters. The van der Waals surface area contributed by atoms with Gasteiger partial charge in [0.05, 0.1) is 0 Å². The van der Waals surface area contributed by atoms with Crippen molar-refractivity contribution in [2.75, 3.05) is 32.7 Å². The van der Waals surface area contributed by atoms with Crippen LogP contribution in [0, 0.1) is 0 Å². The third-order valence-corrected chi connectivity index (χ3v) is 2.93. The molecule has 2 fully saturated rings. The lowest BCUT2D eigenvalue weighted by Gasteiger charge is -2.36. The minimum Gasteiger partial charge on any atom is -0.373 e. The maximum atomic E-state index is 5.55. The monoisotopic (exact) mass is 167 g/mol. The molecule has 2 rings (SSSR count). The number of piperazine rings is 1. The Kier molecular flexibility index (Phi) is 2.07. The summed E-state index contributed by atoms with van der Waals surface area (Å²) in [6.07, 6.45) is 1.29. The molecule has 2 bridgehead atoms. The fourth-order valence-corrected chi connectivity index (χ4v) is 2.22. The highest BCUT2D eigenvalue weighted by Gasteiger charge is 2.33. The maximum Gasteiger partial charge on any atom is 0.0382 e. The number of nitrogens with zero attached hydrogens (tertiary/aromatic N) is 2. The molecule has 0 saturated carbocycles. The second-order valence-corrected chi connectivity index (χ2v) is 3.71. The lowest BCUT2D eigenvalue weighted by Crippen LogP contribution is -2.46. The standard InChI is InChI=1S/C9H17N3/c1-8-6-12(5-3-10)9-2-4-11(8)7-9/h9H,1-7,10H2. The molecule has 2 aliphatic heterocycles. The molecule has 0 aromatic carbocycles. The van der Waals surface area contributed by atoms with Crippen LogP contribution in [-0.4, -0.2) is 48.6 Å². The van der Waals surface area contributed by atoms with Crippen LogP contribution in [-0.2, 0) is 0 Å². The molecule has 0 aromatic rings. The summed E-state index contributed by atoms with van der Waals surface area (Å²) in [6.45, 7) is 9.27. The number of hydrogen-bond acceptors (Lipinski definition) is 3. The number of nitrogens with two attached hydrogens (primary N) is 1. The molecule has 12 heavy (non-hydrogen) atoms. The van der Waals surface area contributed by atoms with Crippen LogP contribution < -0.4 is 5.73 Å². The topological polar surface area (TPSA) is 32.5 Å². The van der Waals surface area contributed by atoms with Gasteiger partial charge in [0.25, 0.3) is 0 Å². The third-order valence-electron chi connectivity index (χ3n) is 2.93. The molecule has 0 aliphatic carbocycles. The molecule has 0 aromatic heterocycles. The van der Waals surface area contributed by atoms with Gasteiger partial charge in [-0.2, -0.15) is 0 Å². The Hall–Kier alpha value is -0.540. The first-order valence-electron chi connectivity index (χ1n) is 4.68. The van der Waals surface area contributed by atoms with Gasteiger partial charge >= 0.3 is 0 Å². The highest BCUT2D eigenvalue weighted by atomic mass is 15.3. The Balaban J connectivity index is 2.02. The normalized spacial score (nSPS) is 29.9. The predicted octanol–water partition coefficient (Wildman–Crippen LogP) is -0.151. The van der Waals surface area contributed by atoms with E-state index in [1.54, 1.807) is 0 Å². The van der Waals surface area contributed by atoms with E-state index >= 15 is 0 Å². The molecule has 2 saturated heterocycles. The summed E-state index contributed by atoms with van der Waals surface area (Å²) in [6, 6.07) is 0.749. The second-order valence-electron chi connectivity index (χ2n) is 3.71. The summed E-state index contributed by atoms with van der Waals surface area (Å²) in [5, 5.41) is 0. The average molecular weight is 167 g/mol. The number of fused-ring (bicyclic) bond motifs is 2. The zero-order valence-corrected chi connectivity index (χ0v) is 7.50. The largest absolute Gasteiger partial charge is 0.373 e. The van der Waals surface area contributed by atoms with E-state index in [4.69, 9.17) is 5.73 Å². The number of hydrogen-bond donors (Lipinski definition) is 1. The van der Waals surface area contributed by atoms with Gasteiger partial charge in [-0.15, -0.1) is 0 Å². The molecule has 2 aliphatic rings. The van der Waals surface area contributed by atoms with Gasteiger partial charge in [-0.3, -0.25) is 4.90 Å². The summed E-state index contributed by atoms with van der Waals surface area (Å²) in [7, 11) is 0. The van der Waals surface area contributed by atoms with Crippen LogP contribution in [0.3, 0.4) is 0 Å². The van der Waals surface area contributed by atoms with Crippen LogP contribution in [0.15, 0.2) is 12.3 Å². The van der Waals surface area contributed by atoms with Crippen LogP contribution in [0.25, 0.3) is 0 Å². The fraction of sp³-hybridized carbons (Fsp3) is 0.778. The Labute approximate surface area is 73.8 Å². The SMILES string of the molecule is C=C1CN(CCN)C2CCN1C2. The minimum atomic E-state index is 0.749. The average Bonchev–Trinajstić information content (AvgIpc) is 2.46. The molecule has 2 heterocycles. The van der Waals surface area contributed by atoms with E-state index in [1.807, 2.05) is 0 Å². The zero-order chi connectivity index (χ0) is 8.55. The van der Waals surface area contributed by atoms with Gasteiger partial charge < -0.3 is 10.6 Å². The van der Waals surface area contributed by atoms with Gasteiger partial charge in [-0.25, -0.2) is 0 Å². The predicted molar refractivity (Wildman–Crippen MR) is 49.7 cm³/mol. The first-order valence-corrected chi connectivity index (χ1v) is 4.68. The fourth-order valence-electron chi connectivity index (χ4n) is 2.22. The smallest absolute Gasteiger partial charge is 0.0382 e. The summed E-state index contributed by atoms with van der Waals surface area (Å²) in [4.78, 5) is 4.86. The Bertz CT molecular complexity index is 190. The molecule has 3 heteroatoms. The van der Waals surface area contributed by atoms with E-state index in [9.17, 15) is 0 Å². The summed E-state index contributed by atoms with van der Waals surface area (Å²) < 4.78 is 0. The van der Waals surface area contributed by atoms with E-state index < -0.39 is 0 Å². The Morgan fingerprint density at radius 3 is 3.17 bits per heavy atom. The molecule has 0 amide bonds. The van der Waals surface area contributed by atoms with Crippen LogP contribution in [0.4, 0.5) is 0 Å². The molecule has 0 radical (unpaired) electrons. The molecular weight excluding hydrogens is 150 g/mol. The third kappa shape index (κ3) is 1.23.